The molecule has 1 amide bonds. The van der Waals surface area contributed by atoms with Crippen molar-refractivity contribution < 1.29 is 14.7 Å². The molecule has 0 unspecified atom stereocenters. The van der Waals surface area contributed by atoms with Gasteiger partial charge in [0.15, 0.2) is 5.96 Å². The fourth-order valence-corrected chi connectivity index (χ4v) is 2.03. The van der Waals surface area contributed by atoms with Gasteiger partial charge < -0.3 is 16.6 Å². The van der Waals surface area contributed by atoms with E-state index in [0.717, 1.165) is 0 Å². The van der Waals surface area contributed by atoms with E-state index >= 15 is 0 Å². The van der Waals surface area contributed by atoms with Crippen LogP contribution in [0.25, 0.3) is 0 Å². The Morgan fingerprint density at radius 3 is 2.38 bits per heavy atom. The molecular weight excluding hydrogens is 272 g/mol. The summed E-state index contributed by atoms with van der Waals surface area (Å²) in [6.45, 7) is 1.67. The van der Waals surface area contributed by atoms with Crippen LogP contribution in [-0.4, -0.2) is 35.5 Å². The van der Waals surface area contributed by atoms with E-state index in [1.807, 2.05) is 0 Å². The van der Waals surface area contributed by atoms with Crippen molar-refractivity contribution in [3.05, 3.63) is 30.3 Å². The molecule has 21 heavy (non-hydrogen) atoms. The molecule has 7 heteroatoms. The molecular formula is C14H20N4O3. The van der Waals surface area contributed by atoms with Gasteiger partial charge in [-0.15, -0.1) is 0 Å². The number of para-hydroxylation sites is 1. The third-order valence-electron chi connectivity index (χ3n) is 2.90. The van der Waals surface area contributed by atoms with Crippen LogP contribution in [0.4, 0.5) is 5.69 Å². The second-order valence-corrected chi connectivity index (χ2v) is 4.53. The van der Waals surface area contributed by atoms with Crippen LogP contribution in [0.15, 0.2) is 35.3 Å². The van der Waals surface area contributed by atoms with Crippen molar-refractivity contribution in [2.45, 2.75) is 25.8 Å². The van der Waals surface area contributed by atoms with Gasteiger partial charge in [0.1, 0.15) is 6.04 Å². The van der Waals surface area contributed by atoms with E-state index in [0.29, 0.717) is 18.7 Å². The van der Waals surface area contributed by atoms with E-state index in [1.165, 1.54) is 11.8 Å². The van der Waals surface area contributed by atoms with E-state index in [1.54, 1.807) is 30.3 Å². The average Bonchev–Trinajstić information content (AvgIpc) is 2.42. The Morgan fingerprint density at radius 2 is 1.90 bits per heavy atom. The number of amides is 1. The molecule has 0 heterocycles. The number of aliphatic imine (C=N–C) groups is 1. The molecule has 1 atom stereocenters. The highest BCUT2D eigenvalue weighted by molar-refractivity contribution is 5.97. The van der Waals surface area contributed by atoms with Gasteiger partial charge in [0, 0.05) is 19.2 Å². The lowest BCUT2D eigenvalue weighted by Crippen LogP contribution is -2.44. The number of carboxylic acids is 1. The van der Waals surface area contributed by atoms with Crippen LogP contribution in [0.5, 0.6) is 0 Å². The fourth-order valence-electron chi connectivity index (χ4n) is 2.03. The summed E-state index contributed by atoms with van der Waals surface area (Å²) in [5.41, 5.74) is 11.0. The summed E-state index contributed by atoms with van der Waals surface area (Å²) in [6.07, 6.45) is 0.728. The first kappa shape index (κ1) is 16.5. The molecule has 5 N–H and O–H groups in total. The van der Waals surface area contributed by atoms with Crippen molar-refractivity contribution in [3.63, 3.8) is 0 Å². The molecule has 1 aromatic carbocycles. The Bertz CT molecular complexity index is 512. The number of nitrogens with zero attached hydrogens (tertiary/aromatic N) is 2. The van der Waals surface area contributed by atoms with Gasteiger partial charge in [-0.05, 0) is 25.0 Å². The lowest BCUT2D eigenvalue weighted by molar-refractivity contribution is -0.140. The number of aliphatic carboxylic acids is 1. The number of rotatable bonds is 7. The quantitative estimate of drug-likeness (QED) is 0.385. The zero-order valence-corrected chi connectivity index (χ0v) is 11.9. The van der Waals surface area contributed by atoms with Gasteiger partial charge in [0.05, 0.1) is 0 Å². The van der Waals surface area contributed by atoms with Crippen LogP contribution in [0.3, 0.4) is 0 Å². The molecule has 0 aromatic heterocycles. The van der Waals surface area contributed by atoms with Crippen LogP contribution in [-0.2, 0) is 9.59 Å². The number of nitrogens with two attached hydrogens (primary N) is 2. The lowest BCUT2D eigenvalue weighted by atomic mass is 10.1. The highest BCUT2D eigenvalue weighted by Gasteiger charge is 2.28. The Hall–Kier alpha value is -2.57. The summed E-state index contributed by atoms with van der Waals surface area (Å²) in [5, 5.41) is 9.38. The molecule has 0 aliphatic carbocycles. The van der Waals surface area contributed by atoms with Gasteiger partial charge in [-0.1, -0.05) is 18.2 Å². The predicted octanol–water partition coefficient (Wildman–Crippen LogP) is 0.546. The van der Waals surface area contributed by atoms with Crippen LogP contribution < -0.4 is 16.4 Å². The topological polar surface area (TPSA) is 122 Å². The summed E-state index contributed by atoms with van der Waals surface area (Å²) >= 11 is 0. The van der Waals surface area contributed by atoms with E-state index < -0.39 is 12.0 Å². The van der Waals surface area contributed by atoms with E-state index in [-0.39, 0.29) is 18.3 Å². The second-order valence-electron chi connectivity index (χ2n) is 4.53. The van der Waals surface area contributed by atoms with Crippen LogP contribution in [0.1, 0.15) is 19.8 Å². The Morgan fingerprint density at radius 1 is 1.29 bits per heavy atom. The van der Waals surface area contributed by atoms with Crippen molar-refractivity contribution in [1.29, 1.82) is 0 Å². The molecule has 1 rings (SSSR count). The Balaban J connectivity index is 2.87. The zero-order valence-electron chi connectivity index (χ0n) is 11.9. The number of benzene rings is 1. The van der Waals surface area contributed by atoms with Gasteiger partial charge in [-0.3, -0.25) is 14.7 Å². The zero-order chi connectivity index (χ0) is 15.8. The largest absolute Gasteiger partial charge is 0.480 e. The summed E-state index contributed by atoms with van der Waals surface area (Å²) in [6, 6.07) is 7.77. The molecule has 0 aliphatic rings. The molecule has 114 valence electrons. The molecule has 7 nitrogen and oxygen atoms in total. The summed E-state index contributed by atoms with van der Waals surface area (Å²) in [5.74, 6) is -1.41. The summed E-state index contributed by atoms with van der Waals surface area (Å²) in [4.78, 5) is 28.4. The minimum absolute atomic E-state index is 0.0339. The molecule has 0 spiro atoms. The van der Waals surface area contributed by atoms with Crippen molar-refractivity contribution >= 4 is 23.5 Å². The first-order valence-corrected chi connectivity index (χ1v) is 6.56. The van der Waals surface area contributed by atoms with Crippen LogP contribution in [0, 0.1) is 0 Å². The lowest BCUT2D eigenvalue weighted by Gasteiger charge is -2.28. The maximum Gasteiger partial charge on any atom is 0.326 e. The van der Waals surface area contributed by atoms with Crippen LogP contribution in [0.2, 0.25) is 0 Å². The van der Waals surface area contributed by atoms with Gasteiger partial charge >= 0.3 is 5.97 Å². The van der Waals surface area contributed by atoms with Gasteiger partial charge in [-0.2, -0.15) is 0 Å². The van der Waals surface area contributed by atoms with E-state index in [9.17, 15) is 14.7 Å². The Kier molecular flexibility index (Phi) is 6.19. The van der Waals surface area contributed by atoms with E-state index in [4.69, 9.17) is 11.5 Å². The van der Waals surface area contributed by atoms with E-state index in [2.05, 4.69) is 4.99 Å². The smallest absolute Gasteiger partial charge is 0.326 e. The third-order valence-corrected chi connectivity index (χ3v) is 2.90. The maximum absolute atomic E-state index is 11.8. The highest BCUT2D eigenvalue weighted by atomic mass is 16.4. The number of anilines is 1. The third kappa shape index (κ3) is 5.13. The van der Waals surface area contributed by atoms with Gasteiger partial charge in [0.25, 0.3) is 0 Å². The number of hydrogen-bond acceptors (Lipinski definition) is 3. The van der Waals surface area contributed by atoms with Crippen LogP contribution >= 0.6 is 0 Å². The maximum atomic E-state index is 11.8. The molecule has 0 bridgehead atoms. The number of carboxylic acid groups (broad SMARTS) is 1. The average molecular weight is 292 g/mol. The molecule has 0 saturated heterocycles. The van der Waals surface area contributed by atoms with Gasteiger partial charge in [-0.25, -0.2) is 4.79 Å². The number of carbonyl (C=O) groups excluding carboxylic acids is 1. The monoisotopic (exact) mass is 292 g/mol. The normalized spacial score (nSPS) is 11.5. The standard InChI is InChI=1S/C14H20N4O3/c1-10(19)18(11-6-3-2-4-7-11)12(13(20)21)8-5-9-17-14(15)16/h2-4,6-7,12H,5,8-9H2,1H3,(H,20,21)(H4,15,16,17)/t12-/m0/s1. The first-order chi connectivity index (χ1) is 9.93. The summed E-state index contributed by atoms with van der Waals surface area (Å²) in [7, 11) is 0. The Labute approximate surface area is 123 Å². The summed E-state index contributed by atoms with van der Waals surface area (Å²) < 4.78 is 0. The van der Waals surface area contributed by atoms with Crippen molar-refractivity contribution in [2.24, 2.45) is 16.5 Å². The highest BCUT2D eigenvalue weighted by Crippen LogP contribution is 2.19. The minimum Gasteiger partial charge on any atom is -0.480 e. The molecule has 0 saturated carbocycles. The SMILES string of the molecule is CC(=O)N(c1ccccc1)[C@@H](CCCN=C(N)N)C(=O)O. The molecule has 0 radical (unpaired) electrons. The molecule has 1 aromatic rings. The first-order valence-electron chi connectivity index (χ1n) is 6.56. The number of guanidine groups is 1. The number of carbonyl (C=O) groups is 2. The van der Waals surface area contributed by atoms with Gasteiger partial charge in [0.2, 0.25) is 5.91 Å². The predicted molar refractivity (Wildman–Crippen MR) is 80.9 cm³/mol. The fraction of sp³-hybridized carbons (Fsp3) is 0.357. The minimum atomic E-state index is -1.06. The van der Waals surface area contributed by atoms with Crippen molar-refractivity contribution in [1.82, 2.24) is 0 Å². The second kappa shape index (κ2) is 7.88. The van der Waals surface area contributed by atoms with Crippen molar-refractivity contribution in [3.8, 4) is 0 Å². The number of hydrogen-bond donors (Lipinski definition) is 3. The molecule has 0 fully saturated rings. The molecule has 0 aliphatic heterocycles. The van der Waals surface area contributed by atoms with Crippen molar-refractivity contribution in [2.75, 3.05) is 11.4 Å².